The van der Waals surface area contributed by atoms with Crippen molar-refractivity contribution in [3.63, 3.8) is 0 Å². The smallest absolute Gasteiger partial charge is 0.127 e. The van der Waals surface area contributed by atoms with Gasteiger partial charge in [0.2, 0.25) is 0 Å². The van der Waals surface area contributed by atoms with Crippen LogP contribution < -0.4 is 0 Å². The first-order valence-electron chi connectivity index (χ1n) is 8.77. The zero-order valence-electron chi connectivity index (χ0n) is 14.7. The molecule has 0 spiro atoms. The Balaban J connectivity index is 1.82. The second kappa shape index (κ2) is 9.36. The number of aliphatic imine (C=N–C) groups is 2. The molecule has 0 amide bonds. The Morgan fingerprint density at radius 1 is 0.714 bits per heavy atom. The van der Waals surface area contributed by atoms with E-state index in [1.165, 1.54) is 12.1 Å². The van der Waals surface area contributed by atoms with Gasteiger partial charge in [0.15, 0.2) is 0 Å². The fraction of sp³-hybridized carbons (Fsp3) is 0.300. The van der Waals surface area contributed by atoms with Crippen molar-refractivity contribution in [1.29, 1.82) is 0 Å². The summed E-state index contributed by atoms with van der Waals surface area (Å²) < 4.78 is 0. The minimum absolute atomic E-state index is 0.0185. The van der Waals surface area contributed by atoms with Gasteiger partial charge in [-0.05, 0) is 37.1 Å². The highest BCUT2D eigenvalue weighted by Gasteiger charge is 2.23. The molecule has 148 valence electrons. The molecule has 0 radical (unpaired) electrons. The van der Waals surface area contributed by atoms with E-state index in [1.54, 1.807) is 24.6 Å². The molecule has 2 N–H and O–H groups in total. The van der Waals surface area contributed by atoms with Crippen LogP contribution in [0.3, 0.4) is 0 Å². The molecule has 2 atom stereocenters. The Labute approximate surface area is 183 Å². The molecule has 1 saturated carbocycles. The van der Waals surface area contributed by atoms with Crippen LogP contribution in [0.1, 0.15) is 36.8 Å². The molecule has 0 saturated heterocycles. The lowest BCUT2D eigenvalue weighted by atomic mass is 9.91. The summed E-state index contributed by atoms with van der Waals surface area (Å²) >= 11 is 24.1. The van der Waals surface area contributed by atoms with Gasteiger partial charge in [0.25, 0.3) is 0 Å². The van der Waals surface area contributed by atoms with Crippen LogP contribution in [0.2, 0.25) is 20.1 Å². The van der Waals surface area contributed by atoms with Gasteiger partial charge in [-0.2, -0.15) is 0 Å². The van der Waals surface area contributed by atoms with Crippen LogP contribution in [0.25, 0.3) is 0 Å². The van der Waals surface area contributed by atoms with Gasteiger partial charge in [-0.15, -0.1) is 0 Å². The zero-order valence-corrected chi connectivity index (χ0v) is 17.8. The number of hydrogen-bond donors (Lipinski definition) is 2. The third kappa shape index (κ3) is 5.12. The van der Waals surface area contributed by atoms with Gasteiger partial charge in [-0.25, -0.2) is 0 Å². The SMILES string of the molecule is Oc1cc(Cl)cc(Cl)c1C=N[C@H]1CCCC[C@H]1N=Cc1c(O)cc(Cl)cc1Cl. The number of benzene rings is 2. The summed E-state index contributed by atoms with van der Waals surface area (Å²) in [4.78, 5) is 9.23. The number of rotatable bonds is 4. The summed E-state index contributed by atoms with van der Waals surface area (Å²) in [6, 6.07) is 5.85. The highest BCUT2D eigenvalue weighted by molar-refractivity contribution is 6.37. The molecule has 0 bridgehead atoms. The predicted molar refractivity (Wildman–Crippen MR) is 117 cm³/mol. The monoisotopic (exact) mass is 458 g/mol. The summed E-state index contributed by atoms with van der Waals surface area (Å²) in [7, 11) is 0. The number of halogens is 4. The van der Waals surface area contributed by atoms with E-state index in [0.29, 0.717) is 31.2 Å². The number of hydrogen-bond acceptors (Lipinski definition) is 4. The molecular weight excluding hydrogens is 442 g/mol. The van der Waals surface area contributed by atoms with Gasteiger partial charge in [0.1, 0.15) is 11.5 Å². The molecule has 0 unspecified atom stereocenters. The summed E-state index contributed by atoms with van der Waals surface area (Å²) in [6.45, 7) is 0. The lowest BCUT2D eigenvalue weighted by Crippen LogP contribution is -2.27. The molecule has 28 heavy (non-hydrogen) atoms. The molecule has 8 heteroatoms. The average Bonchev–Trinajstić information content (AvgIpc) is 2.61. The van der Waals surface area contributed by atoms with Gasteiger partial charge in [0, 0.05) is 22.5 Å². The Kier molecular flexibility index (Phi) is 7.10. The Morgan fingerprint density at radius 3 is 1.46 bits per heavy atom. The first kappa shape index (κ1) is 21.3. The van der Waals surface area contributed by atoms with E-state index < -0.39 is 0 Å². The molecule has 1 fully saturated rings. The van der Waals surface area contributed by atoms with Crippen LogP contribution in [0.15, 0.2) is 34.3 Å². The summed E-state index contributed by atoms with van der Waals surface area (Å²) in [6.07, 6.45) is 6.96. The van der Waals surface area contributed by atoms with E-state index in [-0.39, 0.29) is 23.6 Å². The van der Waals surface area contributed by atoms with E-state index in [4.69, 9.17) is 46.4 Å². The van der Waals surface area contributed by atoms with Gasteiger partial charge in [-0.1, -0.05) is 59.2 Å². The first-order valence-corrected chi connectivity index (χ1v) is 10.3. The van der Waals surface area contributed by atoms with E-state index in [1.807, 2.05) is 0 Å². The van der Waals surface area contributed by atoms with Crippen molar-refractivity contribution in [3.8, 4) is 11.5 Å². The van der Waals surface area contributed by atoms with Crippen LogP contribution in [0, 0.1) is 0 Å². The second-order valence-corrected chi connectivity index (χ2v) is 8.30. The van der Waals surface area contributed by atoms with E-state index >= 15 is 0 Å². The highest BCUT2D eigenvalue weighted by atomic mass is 35.5. The largest absolute Gasteiger partial charge is 0.507 e. The molecule has 1 aliphatic carbocycles. The van der Waals surface area contributed by atoms with E-state index in [0.717, 1.165) is 25.7 Å². The second-order valence-electron chi connectivity index (χ2n) is 6.62. The zero-order chi connectivity index (χ0) is 20.3. The summed E-state index contributed by atoms with van der Waals surface area (Å²) in [5.74, 6) is -0.0371. The molecule has 3 rings (SSSR count). The van der Waals surface area contributed by atoms with Crippen molar-refractivity contribution in [2.45, 2.75) is 37.8 Å². The molecule has 4 nitrogen and oxygen atoms in total. The third-order valence-electron chi connectivity index (χ3n) is 4.63. The standard InChI is InChI=1S/C20H18Cl4N2O2/c21-11-5-15(23)13(19(27)7-11)9-25-17-3-1-2-4-18(17)26-10-14-16(24)6-12(22)8-20(14)28/h5-10,17-18,27-28H,1-4H2/t17-,18+. The lowest BCUT2D eigenvalue weighted by Gasteiger charge is -2.25. The Bertz CT molecular complexity index is 809. The van der Waals surface area contributed by atoms with Gasteiger partial charge < -0.3 is 10.2 Å². The first-order chi connectivity index (χ1) is 13.3. The highest BCUT2D eigenvalue weighted by Crippen LogP contribution is 2.31. The number of phenols is 2. The molecule has 0 aliphatic heterocycles. The van der Waals surface area contributed by atoms with Crippen molar-refractivity contribution in [2.75, 3.05) is 0 Å². The van der Waals surface area contributed by atoms with Gasteiger partial charge in [-0.3, -0.25) is 9.98 Å². The van der Waals surface area contributed by atoms with Crippen LogP contribution >= 0.6 is 46.4 Å². The van der Waals surface area contributed by atoms with Gasteiger partial charge >= 0.3 is 0 Å². The van der Waals surface area contributed by atoms with Crippen LogP contribution in [-0.2, 0) is 0 Å². The van der Waals surface area contributed by atoms with Crippen LogP contribution in [0.4, 0.5) is 0 Å². The van der Waals surface area contributed by atoms with Crippen molar-refractivity contribution in [1.82, 2.24) is 0 Å². The molecular formula is C20H18Cl4N2O2. The minimum atomic E-state index is -0.0654. The maximum atomic E-state index is 10.1. The molecule has 2 aromatic carbocycles. The summed E-state index contributed by atoms with van der Waals surface area (Å²) in [5, 5.41) is 21.5. The van der Waals surface area contributed by atoms with Crippen molar-refractivity contribution in [3.05, 3.63) is 55.5 Å². The Morgan fingerprint density at radius 2 is 1.11 bits per heavy atom. The van der Waals surface area contributed by atoms with E-state index in [9.17, 15) is 10.2 Å². The third-order valence-corrected chi connectivity index (χ3v) is 5.69. The Hall–Kier alpha value is -1.46. The predicted octanol–water partition coefficient (Wildman–Crippen LogP) is 6.56. The molecule has 0 aromatic heterocycles. The fourth-order valence-corrected chi connectivity index (χ4v) is 4.24. The lowest BCUT2D eigenvalue weighted by molar-refractivity contribution is 0.390. The van der Waals surface area contributed by atoms with Crippen molar-refractivity contribution in [2.24, 2.45) is 9.98 Å². The average molecular weight is 460 g/mol. The van der Waals surface area contributed by atoms with Crippen molar-refractivity contribution < 1.29 is 10.2 Å². The molecule has 0 heterocycles. The topological polar surface area (TPSA) is 65.2 Å². The quantitative estimate of drug-likeness (QED) is 0.508. The maximum absolute atomic E-state index is 10.1. The number of aromatic hydroxyl groups is 2. The van der Waals surface area contributed by atoms with Crippen molar-refractivity contribution >= 4 is 58.8 Å². The number of nitrogens with zero attached hydrogens (tertiary/aromatic N) is 2. The molecule has 2 aromatic rings. The summed E-state index contributed by atoms with van der Waals surface area (Å²) in [5.41, 5.74) is 0.857. The van der Waals surface area contributed by atoms with Crippen LogP contribution in [0.5, 0.6) is 11.5 Å². The normalized spacial score (nSPS) is 20.3. The fourth-order valence-electron chi connectivity index (χ4n) is 3.18. The van der Waals surface area contributed by atoms with E-state index in [2.05, 4.69) is 9.98 Å². The number of phenolic OH excluding ortho intramolecular Hbond substituents is 2. The maximum Gasteiger partial charge on any atom is 0.127 e. The van der Waals surface area contributed by atoms with Crippen LogP contribution in [-0.4, -0.2) is 34.7 Å². The minimum Gasteiger partial charge on any atom is -0.507 e. The molecule has 1 aliphatic rings. The van der Waals surface area contributed by atoms with Gasteiger partial charge in [0.05, 0.1) is 33.3 Å².